The smallest absolute Gasteiger partial charge is 0.225 e. The Hall–Kier alpha value is -2.24. The number of hydrogen-bond donors (Lipinski definition) is 2. The van der Waals surface area contributed by atoms with Crippen LogP contribution in [0.2, 0.25) is 5.02 Å². The highest BCUT2D eigenvalue weighted by atomic mass is 35.5. The summed E-state index contributed by atoms with van der Waals surface area (Å²) in [6.07, 6.45) is 0.369. The molecule has 0 aliphatic rings. The molecule has 0 aliphatic carbocycles. The van der Waals surface area contributed by atoms with E-state index in [1.54, 1.807) is 19.2 Å². The van der Waals surface area contributed by atoms with Gasteiger partial charge in [-0.3, -0.25) is 4.79 Å². The van der Waals surface area contributed by atoms with Gasteiger partial charge in [-0.05, 0) is 36.4 Å². The van der Waals surface area contributed by atoms with Crippen molar-refractivity contribution in [2.45, 2.75) is 6.42 Å². The third-order valence-corrected chi connectivity index (χ3v) is 3.61. The zero-order valence-corrected chi connectivity index (χ0v) is 14.3. The molecule has 6 heteroatoms. The van der Waals surface area contributed by atoms with Gasteiger partial charge in [-0.2, -0.15) is 0 Å². The highest BCUT2D eigenvalue weighted by molar-refractivity contribution is 6.33. The molecule has 0 saturated carbocycles. The molecule has 0 radical (unpaired) electrons. The zero-order chi connectivity index (χ0) is 17.2. The molecule has 5 nitrogen and oxygen atoms in total. The zero-order valence-electron chi connectivity index (χ0n) is 13.5. The fourth-order valence-corrected chi connectivity index (χ4v) is 2.20. The maximum absolute atomic E-state index is 11.8. The molecule has 0 heterocycles. The lowest BCUT2D eigenvalue weighted by atomic mass is 10.3. The van der Waals surface area contributed by atoms with Gasteiger partial charge in [0.2, 0.25) is 5.91 Å². The van der Waals surface area contributed by atoms with Crippen LogP contribution in [-0.2, 0) is 4.79 Å². The summed E-state index contributed by atoms with van der Waals surface area (Å²) in [6, 6.07) is 14.6. The van der Waals surface area contributed by atoms with E-state index in [2.05, 4.69) is 10.6 Å². The molecule has 0 bridgehead atoms. The molecule has 2 aromatic carbocycles. The van der Waals surface area contributed by atoms with Crippen molar-refractivity contribution in [2.24, 2.45) is 0 Å². The number of hydrogen-bond acceptors (Lipinski definition) is 4. The first-order valence-corrected chi connectivity index (χ1v) is 8.09. The quantitative estimate of drug-likeness (QED) is 0.682. The van der Waals surface area contributed by atoms with Gasteiger partial charge in [-0.25, -0.2) is 0 Å². The van der Waals surface area contributed by atoms with E-state index in [0.29, 0.717) is 36.8 Å². The number of rotatable bonds is 9. The Morgan fingerprint density at radius 3 is 2.46 bits per heavy atom. The van der Waals surface area contributed by atoms with Gasteiger partial charge in [0, 0.05) is 19.5 Å². The number of amides is 1. The van der Waals surface area contributed by atoms with Gasteiger partial charge in [-0.1, -0.05) is 23.7 Å². The van der Waals surface area contributed by atoms with Crippen molar-refractivity contribution >= 4 is 23.2 Å². The van der Waals surface area contributed by atoms with E-state index < -0.39 is 0 Å². The number of anilines is 1. The number of ether oxygens (including phenoxy) is 2. The summed E-state index contributed by atoms with van der Waals surface area (Å²) in [5, 5.41) is 6.48. The highest BCUT2D eigenvalue weighted by Gasteiger charge is 2.04. The van der Waals surface area contributed by atoms with Gasteiger partial charge in [0.25, 0.3) is 0 Å². The van der Waals surface area contributed by atoms with Crippen LogP contribution in [0.25, 0.3) is 0 Å². The third-order valence-electron chi connectivity index (χ3n) is 3.28. The summed E-state index contributed by atoms with van der Waals surface area (Å²) in [6.45, 7) is 1.76. The average molecular weight is 349 g/mol. The van der Waals surface area contributed by atoms with Crippen LogP contribution in [0.1, 0.15) is 6.42 Å². The summed E-state index contributed by atoms with van der Waals surface area (Å²) >= 11 is 5.99. The maximum atomic E-state index is 11.8. The molecule has 2 N–H and O–H groups in total. The Morgan fingerprint density at radius 2 is 1.75 bits per heavy atom. The Labute approximate surface area is 146 Å². The van der Waals surface area contributed by atoms with Crippen LogP contribution >= 0.6 is 11.6 Å². The van der Waals surface area contributed by atoms with Crippen LogP contribution in [0, 0.1) is 0 Å². The summed E-state index contributed by atoms with van der Waals surface area (Å²) in [7, 11) is 1.63. The Morgan fingerprint density at radius 1 is 1.04 bits per heavy atom. The van der Waals surface area contributed by atoms with Gasteiger partial charge in [0.1, 0.15) is 18.1 Å². The molecule has 2 rings (SSSR count). The minimum Gasteiger partial charge on any atom is -0.497 e. The second-order valence-corrected chi connectivity index (χ2v) is 5.46. The van der Waals surface area contributed by atoms with Gasteiger partial charge in [0.05, 0.1) is 17.8 Å². The molecular weight excluding hydrogens is 328 g/mol. The number of benzene rings is 2. The van der Waals surface area contributed by atoms with E-state index in [-0.39, 0.29) is 5.91 Å². The first-order chi connectivity index (χ1) is 11.7. The lowest BCUT2D eigenvalue weighted by Gasteiger charge is -2.09. The molecule has 0 unspecified atom stereocenters. The number of halogens is 1. The Kier molecular flexibility index (Phi) is 7.39. The maximum Gasteiger partial charge on any atom is 0.225 e. The van der Waals surface area contributed by atoms with Crippen LogP contribution in [0.15, 0.2) is 48.5 Å². The summed E-state index contributed by atoms with van der Waals surface area (Å²) in [4.78, 5) is 11.8. The van der Waals surface area contributed by atoms with Crippen LogP contribution < -0.4 is 20.1 Å². The molecule has 0 spiro atoms. The number of carbonyl (C=O) groups excluding carboxylic acids is 1. The van der Waals surface area contributed by atoms with Crippen molar-refractivity contribution < 1.29 is 14.3 Å². The van der Waals surface area contributed by atoms with E-state index in [4.69, 9.17) is 21.1 Å². The molecule has 128 valence electrons. The van der Waals surface area contributed by atoms with Crippen LogP contribution in [0.3, 0.4) is 0 Å². The minimum absolute atomic E-state index is 0.0772. The van der Waals surface area contributed by atoms with Crippen molar-refractivity contribution in [3.8, 4) is 11.5 Å². The largest absolute Gasteiger partial charge is 0.497 e. The molecule has 0 fully saturated rings. The third kappa shape index (κ3) is 6.10. The average Bonchev–Trinajstić information content (AvgIpc) is 2.60. The highest BCUT2D eigenvalue weighted by Crippen LogP contribution is 2.20. The molecule has 0 saturated heterocycles. The predicted octanol–water partition coefficient (Wildman–Crippen LogP) is 3.35. The van der Waals surface area contributed by atoms with Crippen molar-refractivity contribution in [1.82, 2.24) is 5.32 Å². The van der Waals surface area contributed by atoms with Gasteiger partial charge < -0.3 is 20.1 Å². The monoisotopic (exact) mass is 348 g/mol. The minimum atomic E-state index is -0.0772. The van der Waals surface area contributed by atoms with Gasteiger partial charge in [-0.15, -0.1) is 0 Å². The van der Waals surface area contributed by atoms with Crippen molar-refractivity contribution in [3.05, 3.63) is 53.6 Å². The number of methoxy groups -OCH3 is 1. The fraction of sp³-hybridized carbons (Fsp3) is 0.278. The lowest BCUT2D eigenvalue weighted by Crippen LogP contribution is -2.25. The standard InChI is InChI=1S/C18H21ClN2O3/c1-23-14-6-8-15(9-7-14)24-13-12-20-11-10-18(22)21-17-5-3-2-4-16(17)19/h2-9,20H,10-13H2,1H3,(H,21,22). The van der Waals surface area contributed by atoms with Crippen molar-refractivity contribution in [3.63, 3.8) is 0 Å². The Balaban J connectivity index is 1.57. The molecule has 2 aromatic rings. The number of carbonyl (C=O) groups is 1. The Bertz CT molecular complexity index is 647. The summed E-state index contributed by atoms with van der Waals surface area (Å²) in [5.74, 6) is 1.51. The molecule has 24 heavy (non-hydrogen) atoms. The normalized spacial score (nSPS) is 10.2. The molecular formula is C18H21ClN2O3. The summed E-state index contributed by atoms with van der Waals surface area (Å²) in [5.41, 5.74) is 0.631. The van der Waals surface area contributed by atoms with Crippen molar-refractivity contribution in [1.29, 1.82) is 0 Å². The van der Waals surface area contributed by atoms with E-state index in [9.17, 15) is 4.79 Å². The van der Waals surface area contributed by atoms with Crippen LogP contribution in [0.4, 0.5) is 5.69 Å². The predicted molar refractivity (Wildman–Crippen MR) is 96.1 cm³/mol. The summed E-state index contributed by atoms with van der Waals surface area (Å²) < 4.78 is 10.7. The SMILES string of the molecule is COc1ccc(OCCNCCC(=O)Nc2ccccc2Cl)cc1. The van der Waals surface area contributed by atoms with E-state index >= 15 is 0 Å². The number of para-hydroxylation sites is 1. The first kappa shape index (κ1) is 18.1. The topological polar surface area (TPSA) is 59.6 Å². The lowest BCUT2D eigenvalue weighted by molar-refractivity contribution is -0.116. The van der Waals surface area contributed by atoms with E-state index in [1.807, 2.05) is 36.4 Å². The fourth-order valence-electron chi connectivity index (χ4n) is 2.02. The number of nitrogens with one attached hydrogen (secondary N) is 2. The second kappa shape index (κ2) is 9.80. The molecule has 1 amide bonds. The van der Waals surface area contributed by atoms with E-state index in [0.717, 1.165) is 11.5 Å². The molecule has 0 aromatic heterocycles. The molecule has 0 aliphatic heterocycles. The first-order valence-electron chi connectivity index (χ1n) is 7.71. The second-order valence-electron chi connectivity index (χ2n) is 5.05. The van der Waals surface area contributed by atoms with Crippen LogP contribution in [-0.4, -0.2) is 32.7 Å². The van der Waals surface area contributed by atoms with E-state index in [1.165, 1.54) is 0 Å². The van der Waals surface area contributed by atoms with Crippen molar-refractivity contribution in [2.75, 3.05) is 32.1 Å². The van der Waals surface area contributed by atoms with Gasteiger partial charge in [0.15, 0.2) is 0 Å². The van der Waals surface area contributed by atoms with Gasteiger partial charge >= 0.3 is 0 Å². The van der Waals surface area contributed by atoms with Crippen LogP contribution in [0.5, 0.6) is 11.5 Å². The molecule has 0 atom stereocenters.